The van der Waals surface area contributed by atoms with E-state index in [1.165, 1.54) is 30.3 Å². The van der Waals surface area contributed by atoms with Crippen LogP contribution in [0.25, 0.3) is 17.4 Å². The highest BCUT2D eigenvalue weighted by Gasteiger charge is 2.36. The number of nitrogens with one attached hydrogen (secondary N) is 1. The van der Waals surface area contributed by atoms with E-state index in [0.29, 0.717) is 23.4 Å². The Bertz CT molecular complexity index is 1340. The fourth-order valence-electron chi connectivity index (χ4n) is 3.50. The van der Waals surface area contributed by atoms with Gasteiger partial charge in [-0.2, -0.15) is 13.2 Å². The third-order valence-electron chi connectivity index (χ3n) is 5.41. The highest BCUT2D eigenvalue weighted by molar-refractivity contribution is 8.18. The number of nitrogens with zero attached hydrogens (tertiary/aromatic N) is 1. The zero-order valence-electron chi connectivity index (χ0n) is 19.3. The van der Waals surface area contributed by atoms with Crippen molar-refractivity contribution in [3.05, 3.63) is 82.5 Å². The molecule has 0 saturated carbocycles. The molecule has 3 amide bonds. The number of halogens is 3. The Morgan fingerprint density at radius 3 is 2.47 bits per heavy atom. The van der Waals surface area contributed by atoms with Crippen LogP contribution in [0, 0.1) is 0 Å². The maximum atomic E-state index is 13.0. The summed E-state index contributed by atoms with van der Waals surface area (Å²) in [6, 6.07) is 14.9. The van der Waals surface area contributed by atoms with E-state index in [9.17, 15) is 27.6 Å². The van der Waals surface area contributed by atoms with Crippen molar-refractivity contribution in [3.63, 3.8) is 0 Å². The first kappa shape index (κ1) is 25.3. The van der Waals surface area contributed by atoms with E-state index >= 15 is 0 Å². The second-order valence-electron chi connectivity index (χ2n) is 8.37. The van der Waals surface area contributed by atoms with Crippen molar-refractivity contribution in [2.75, 3.05) is 11.9 Å². The SMILES string of the molecule is CC(C)c1ccc(NC(=O)CN2C(=O)S/C(=C/c3ccc(-c4cccc(C(F)(F)F)c4)o3)C2=O)cc1. The number of imide groups is 1. The first-order valence-corrected chi connectivity index (χ1v) is 11.8. The monoisotopic (exact) mass is 514 g/mol. The molecular weight excluding hydrogens is 493 g/mol. The minimum atomic E-state index is -4.49. The van der Waals surface area contributed by atoms with Crippen LogP contribution in [0.15, 0.2) is 70.0 Å². The standard InChI is InChI=1S/C26H21F3N2O4S/c1-15(2)16-6-8-19(9-7-16)30-23(32)14-31-24(33)22(36-25(31)34)13-20-10-11-21(35-20)17-4-3-5-18(12-17)26(27,28)29/h3-13,15H,14H2,1-2H3,(H,30,32)/b22-13+. The number of rotatable bonds is 6. The Morgan fingerprint density at radius 1 is 1.08 bits per heavy atom. The normalized spacial score (nSPS) is 15.3. The van der Waals surface area contributed by atoms with Crippen molar-refractivity contribution in [2.45, 2.75) is 25.9 Å². The number of benzene rings is 2. The van der Waals surface area contributed by atoms with Gasteiger partial charge in [-0.05, 0) is 59.6 Å². The van der Waals surface area contributed by atoms with Gasteiger partial charge in [0.2, 0.25) is 5.91 Å². The molecular formula is C26H21F3N2O4S. The molecule has 186 valence electrons. The van der Waals surface area contributed by atoms with E-state index in [2.05, 4.69) is 19.2 Å². The molecule has 0 atom stereocenters. The van der Waals surface area contributed by atoms with E-state index in [1.807, 2.05) is 12.1 Å². The van der Waals surface area contributed by atoms with Crippen LogP contribution in [0.4, 0.5) is 23.7 Å². The lowest BCUT2D eigenvalue weighted by Gasteiger charge is -2.13. The second-order valence-corrected chi connectivity index (χ2v) is 9.37. The summed E-state index contributed by atoms with van der Waals surface area (Å²) in [6.45, 7) is 3.65. The number of carbonyl (C=O) groups excluding carboxylic acids is 3. The van der Waals surface area contributed by atoms with E-state index < -0.39 is 35.3 Å². The molecule has 0 spiro atoms. The van der Waals surface area contributed by atoms with Gasteiger partial charge in [-0.1, -0.05) is 38.1 Å². The van der Waals surface area contributed by atoms with Crippen LogP contribution in [0.2, 0.25) is 0 Å². The number of alkyl halides is 3. The van der Waals surface area contributed by atoms with Crippen molar-refractivity contribution in [3.8, 4) is 11.3 Å². The van der Waals surface area contributed by atoms with Gasteiger partial charge in [0.15, 0.2) is 0 Å². The fraction of sp³-hybridized carbons (Fsp3) is 0.192. The molecule has 10 heteroatoms. The number of thioether (sulfide) groups is 1. The lowest BCUT2D eigenvalue weighted by molar-refractivity contribution is -0.137. The summed E-state index contributed by atoms with van der Waals surface area (Å²) < 4.78 is 44.5. The molecule has 1 saturated heterocycles. The fourth-order valence-corrected chi connectivity index (χ4v) is 4.31. The summed E-state index contributed by atoms with van der Waals surface area (Å²) in [5.74, 6) is -0.489. The van der Waals surface area contributed by atoms with Crippen LogP contribution in [0.5, 0.6) is 0 Å². The molecule has 2 heterocycles. The summed E-state index contributed by atoms with van der Waals surface area (Å²) in [5.41, 5.74) is 1.06. The summed E-state index contributed by atoms with van der Waals surface area (Å²) in [7, 11) is 0. The zero-order chi connectivity index (χ0) is 26.0. The molecule has 0 bridgehead atoms. The van der Waals surface area contributed by atoms with Crippen LogP contribution in [-0.4, -0.2) is 28.5 Å². The number of anilines is 1. The lowest BCUT2D eigenvalue weighted by atomic mass is 10.0. The number of furan rings is 1. The predicted octanol–water partition coefficient (Wildman–Crippen LogP) is 6.76. The third kappa shape index (κ3) is 5.71. The molecule has 1 fully saturated rings. The molecule has 2 aromatic carbocycles. The Labute approximate surface area is 209 Å². The zero-order valence-corrected chi connectivity index (χ0v) is 20.1. The van der Waals surface area contributed by atoms with E-state index in [-0.39, 0.29) is 22.0 Å². The van der Waals surface area contributed by atoms with Crippen molar-refractivity contribution in [1.82, 2.24) is 4.90 Å². The first-order valence-electron chi connectivity index (χ1n) is 10.9. The van der Waals surface area contributed by atoms with Gasteiger partial charge in [0.25, 0.3) is 11.1 Å². The molecule has 1 N–H and O–H groups in total. The van der Waals surface area contributed by atoms with Crippen LogP contribution in [0.1, 0.15) is 36.7 Å². The van der Waals surface area contributed by atoms with Gasteiger partial charge in [-0.15, -0.1) is 0 Å². The number of amides is 3. The summed E-state index contributed by atoms with van der Waals surface area (Å²) in [6.07, 6.45) is -3.17. The quantitative estimate of drug-likeness (QED) is 0.368. The molecule has 0 unspecified atom stereocenters. The van der Waals surface area contributed by atoms with Crippen molar-refractivity contribution < 1.29 is 32.0 Å². The van der Waals surface area contributed by atoms with Gasteiger partial charge in [-0.3, -0.25) is 19.3 Å². The van der Waals surface area contributed by atoms with Gasteiger partial charge in [0.05, 0.1) is 10.5 Å². The summed E-state index contributed by atoms with van der Waals surface area (Å²) in [4.78, 5) is 38.4. The van der Waals surface area contributed by atoms with Crippen molar-refractivity contribution in [1.29, 1.82) is 0 Å². The van der Waals surface area contributed by atoms with Crippen LogP contribution in [-0.2, 0) is 15.8 Å². The van der Waals surface area contributed by atoms with E-state index in [4.69, 9.17) is 4.42 Å². The van der Waals surface area contributed by atoms with Crippen LogP contribution >= 0.6 is 11.8 Å². The second kappa shape index (κ2) is 10.1. The van der Waals surface area contributed by atoms with Crippen molar-refractivity contribution in [2.24, 2.45) is 0 Å². The Balaban J connectivity index is 1.43. The summed E-state index contributed by atoms with van der Waals surface area (Å²) in [5, 5.41) is 2.05. The maximum absolute atomic E-state index is 13.0. The van der Waals surface area contributed by atoms with E-state index in [0.717, 1.165) is 22.6 Å². The Hall–Kier alpha value is -3.79. The van der Waals surface area contributed by atoms with Gasteiger partial charge in [0, 0.05) is 17.3 Å². The minimum Gasteiger partial charge on any atom is -0.457 e. The molecule has 3 aromatic rings. The highest BCUT2D eigenvalue weighted by atomic mass is 32.2. The molecule has 0 aliphatic carbocycles. The minimum absolute atomic E-state index is 0.0408. The molecule has 0 radical (unpaired) electrons. The maximum Gasteiger partial charge on any atom is 0.416 e. The average Bonchev–Trinajstić information content (AvgIpc) is 3.39. The lowest BCUT2D eigenvalue weighted by Crippen LogP contribution is -2.36. The number of hydrogen-bond donors (Lipinski definition) is 1. The molecule has 6 nitrogen and oxygen atoms in total. The third-order valence-corrected chi connectivity index (χ3v) is 6.32. The topological polar surface area (TPSA) is 79.6 Å². The van der Waals surface area contributed by atoms with E-state index in [1.54, 1.807) is 12.1 Å². The Kier molecular flexibility index (Phi) is 7.07. The molecule has 1 aromatic heterocycles. The number of hydrogen-bond acceptors (Lipinski definition) is 5. The number of carbonyl (C=O) groups is 3. The molecule has 1 aliphatic heterocycles. The summed E-state index contributed by atoms with van der Waals surface area (Å²) >= 11 is 0.651. The van der Waals surface area contributed by atoms with Gasteiger partial charge < -0.3 is 9.73 Å². The van der Waals surface area contributed by atoms with Gasteiger partial charge >= 0.3 is 6.18 Å². The highest BCUT2D eigenvalue weighted by Crippen LogP contribution is 2.35. The Morgan fingerprint density at radius 2 is 1.81 bits per heavy atom. The molecule has 36 heavy (non-hydrogen) atoms. The van der Waals surface area contributed by atoms with Crippen LogP contribution < -0.4 is 5.32 Å². The molecule has 1 aliphatic rings. The molecule has 4 rings (SSSR count). The van der Waals surface area contributed by atoms with Gasteiger partial charge in [-0.25, -0.2) is 0 Å². The van der Waals surface area contributed by atoms with Crippen molar-refractivity contribution >= 4 is 40.6 Å². The largest absolute Gasteiger partial charge is 0.457 e. The predicted molar refractivity (Wildman–Crippen MR) is 131 cm³/mol. The first-order chi connectivity index (χ1) is 17.0. The smallest absolute Gasteiger partial charge is 0.416 e. The average molecular weight is 515 g/mol. The van der Waals surface area contributed by atoms with Gasteiger partial charge in [0.1, 0.15) is 18.1 Å². The van der Waals surface area contributed by atoms with Crippen LogP contribution in [0.3, 0.4) is 0 Å².